The Morgan fingerprint density at radius 2 is 0.936 bits per heavy atom. The summed E-state index contributed by atoms with van der Waals surface area (Å²) in [6.07, 6.45) is 3.09. The molecule has 1 heterocycles. The number of ether oxygens (including phenoxy) is 2. The lowest BCUT2D eigenvalue weighted by atomic mass is 9.91. The largest absolute Gasteiger partial charge is 0.466 e. The maximum atomic E-state index is 15.5. The highest BCUT2D eigenvalue weighted by molar-refractivity contribution is 5.99. The molecular weight excluding hydrogens is 1210 g/mol. The van der Waals surface area contributed by atoms with Crippen molar-refractivity contribution in [1.82, 2.24) is 55.6 Å². The molecule has 11 amide bonds. The van der Waals surface area contributed by atoms with Gasteiger partial charge in [-0.25, -0.2) is 0 Å². The molecule has 0 saturated carbocycles. The van der Waals surface area contributed by atoms with Crippen LogP contribution in [0.15, 0.2) is 12.2 Å². The third kappa shape index (κ3) is 25.2. The number of allylic oxidation sites excluding steroid dienone is 2. The summed E-state index contributed by atoms with van der Waals surface area (Å²) in [5.74, 6) is -11.6. The second-order valence-electron chi connectivity index (χ2n) is 27.9. The fourth-order valence-corrected chi connectivity index (χ4v) is 11.5. The molecular formula is C68H119N11O15. The van der Waals surface area contributed by atoms with Crippen LogP contribution in [0.1, 0.15) is 176 Å². The molecule has 0 aliphatic carbocycles. The summed E-state index contributed by atoms with van der Waals surface area (Å²) in [5, 5.41) is 11.0. The Labute approximate surface area is 560 Å². The van der Waals surface area contributed by atoms with Gasteiger partial charge in [-0.3, -0.25) is 62.3 Å². The molecule has 0 aromatic heterocycles. The number of nitrogens with one attached hydrogen (secondary N) is 4. The second kappa shape index (κ2) is 39.7. The van der Waals surface area contributed by atoms with E-state index in [1.807, 2.05) is 55.4 Å². The molecule has 0 bridgehead atoms. The molecule has 1 aliphatic heterocycles. The van der Waals surface area contributed by atoms with Crippen LogP contribution in [0.3, 0.4) is 0 Å². The first kappa shape index (κ1) is 84.9. The minimum Gasteiger partial charge on any atom is -0.466 e. The first-order chi connectivity index (χ1) is 43.5. The van der Waals surface area contributed by atoms with E-state index < -0.39 is 168 Å². The molecule has 0 aromatic rings. The number of amides is 11. The van der Waals surface area contributed by atoms with Gasteiger partial charge in [0.25, 0.3) is 0 Å². The first-order valence-electron chi connectivity index (χ1n) is 33.5. The molecule has 0 spiro atoms. The van der Waals surface area contributed by atoms with Crippen LogP contribution in [0.25, 0.3) is 0 Å². The van der Waals surface area contributed by atoms with Crippen molar-refractivity contribution in [1.29, 1.82) is 0 Å². The van der Waals surface area contributed by atoms with Gasteiger partial charge in [-0.05, 0) is 107 Å². The van der Waals surface area contributed by atoms with Gasteiger partial charge < -0.3 is 65.0 Å². The fraction of sp³-hybridized carbons (Fsp3) is 0.779. The molecule has 94 heavy (non-hydrogen) atoms. The van der Waals surface area contributed by atoms with E-state index >= 15 is 19.2 Å². The highest BCUT2D eigenvalue weighted by atomic mass is 16.5. The standard InChI is InChI=1S/C68H119N11O15/c1-26-48-64(88)73(19)37-53(81)74(20)49(33-38(3)4)61(85)72-55(42(11)12)67(91)75(21)50(34-39(5)6)60(84)69-45(16)59(83)70-46(17)63(87)76(22)51(35-40(7)8)65(89)77(23)52(36-41(9)10)66(90)78(24)56(43(13)14)68(92)79(25)57(62(86)71-48)58(94-47(18)80)44(15)31-29-28-30-32-54(82)93-27-2/h28-29,38-46,48-52,55-58H,26-27,30-37H2,1-25H3,(H,69,84)(H,70,83)(H,71,86)(H,72,85)/t44-,45+,46-,48+,49?,50+,51-,52+,55+,56+,57?,58-/m1/s1. The third-order valence-corrected chi connectivity index (χ3v) is 17.1. The Balaban J connectivity index is 4.48. The Morgan fingerprint density at radius 3 is 1.40 bits per heavy atom. The zero-order valence-electron chi connectivity index (χ0n) is 61.4. The van der Waals surface area contributed by atoms with Crippen molar-refractivity contribution in [3.63, 3.8) is 0 Å². The van der Waals surface area contributed by atoms with Gasteiger partial charge in [-0.15, -0.1) is 0 Å². The second-order valence-corrected chi connectivity index (χ2v) is 27.9. The topological polar surface area (TPSA) is 311 Å². The van der Waals surface area contributed by atoms with Gasteiger partial charge >= 0.3 is 11.9 Å². The lowest BCUT2D eigenvalue weighted by Crippen LogP contribution is -2.64. The normalized spacial score (nSPS) is 25.3. The van der Waals surface area contributed by atoms with Crippen molar-refractivity contribution in [2.45, 2.75) is 243 Å². The number of carbonyl (C=O) groups is 13. The van der Waals surface area contributed by atoms with Crippen LogP contribution < -0.4 is 21.3 Å². The third-order valence-electron chi connectivity index (χ3n) is 17.1. The Kier molecular flexibility index (Phi) is 35.8. The Bertz CT molecular complexity index is 2630. The van der Waals surface area contributed by atoms with Crippen LogP contribution in [0, 0.1) is 41.4 Å². The first-order valence-corrected chi connectivity index (χ1v) is 33.5. The lowest BCUT2D eigenvalue weighted by Gasteiger charge is -2.42. The van der Waals surface area contributed by atoms with Crippen LogP contribution >= 0.6 is 0 Å². The van der Waals surface area contributed by atoms with Crippen molar-refractivity contribution in [3.8, 4) is 0 Å². The van der Waals surface area contributed by atoms with Crippen molar-refractivity contribution >= 4 is 76.9 Å². The molecule has 1 aliphatic rings. The molecule has 1 saturated heterocycles. The lowest BCUT2D eigenvalue weighted by molar-refractivity contribution is -0.164. The van der Waals surface area contributed by atoms with Crippen LogP contribution in [0.2, 0.25) is 0 Å². The van der Waals surface area contributed by atoms with E-state index in [4.69, 9.17) is 9.47 Å². The smallest absolute Gasteiger partial charge is 0.306 e. The zero-order valence-corrected chi connectivity index (χ0v) is 61.4. The van der Waals surface area contributed by atoms with E-state index in [1.54, 1.807) is 60.6 Å². The molecule has 0 aromatic carbocycles. The number of rotatable bonds is 20. The van der Waals surface area contributed by atoms with Crippen molar-refractivity contribution < 1.29 is 71.8 Å². The number of likely N-dealkylation sites (N-methyl/N-ethyl adjacent to an activating group) is 7. The fourth-order valence-electron chi connectivity index (χ4n) is 11.5. The summed E-state index contributed by atoms with van der Waals surface area (Å²) in [5.41, 5.74) is 0. The van der Waals surface area contributed by atoms with E-state index in [-0.39, 0.29) is 75.2 Å². The van der Waals surface area contributed by atoms with Crippen LogP contribution in [0.5, 0.6) is 0 Å². The minimum absolute atomic E-state index is 0.0399. The monoisotopic (exact) mass is 1330 g/mol. The highest BCUT2D eigenvalue weighted by Crippen LogP contribution is 2.27. The Morgan fingerprint density at radius 1 is 0.489 bits per heavy atom. The molecule has 4 N–H and O–H groups in total. The van der Waals surface area contributed by atoms with E-state index in [9.17, 15) is 43.2 Å². The summed E-state index contributed by atoms with van der Waals surface area (Å²) in [6, 6.07) is -12.8. The number of hydrogen-bond acceptors (Lipinski definition) is 15. The highest BCUT2D eigenvalue weighted by Gasteiger charge is 2.47. The zero-order chi connectivity index (χ0) is 72.7. The van der Waals surface area contributed by atoms with Gasteiger partial charge in [0, 0.05) is 62.7 Å². The predicted octanol–water partition coefficient (Wildman–Crippen LogP) is 4.16. The van der Waals surface area contributed by atoms with E-state index in [2.05, 4.69) is 21.3 Å². The van der Waals surface area contributed by atoms with Crippen LogP contribution in [-0.2, 0) is 71.8 Å². The average molecular weight is 1330 g/mol. The summed E-state index contributed by atoms with van der Waals surface area (Å²) < 4.78 is 11.0. The van der Waals surface area contributed by atoms with Gasteiger partial charge in [-0.2, -0.15) is 0 Å². The number of nitrogens with zero attached hydrogens (tertiary/aromatic N) is 7. The van der Waals surface area contributed by atoms with Gasteiger partial charge in [-0.1, -0.05) is 109 Å². The van der Waals surface area contributed by atoms with Gasteiger partial charge in [0.15, 0.2) is 0 Å². The summed E-state index contributed by atoms with van der Waals surface area (Å²) in [6.45, 7) is 30.3. The van der Waals surface area contributed by atoms with Crippen LogP contribution in [-0.4, -0.2) is 240 Å². The maximum absolute atomic E-state index is 15.5. The van der Waals surface area contributed by atoms with Crippen LogP contribution in [0.4, 0.5) is 0 Å². The van der Waals surface area contributed by atoms with Crippen molar-refractivity contribution in [3.05, 3.63) is 12.2 Å². The number of carbonyl (C=O) groups excluding carboxylic acids is 13. The molecule has 1 fully saturated rings. The predicted molar refractivity (Wildman–Crippen MR) is 358 cm³/mol. The van der Waals surface area contributed by atoms with Gasteiger partial charge in [0.1, 0.15) is 66.5 Å². The molecule has 0 radical (unpaired) electrons. The molecule has 26 nitrogen and oxygen atoms in total. The average Bonchev–Trinajstić information content (AvgIpc) is 0.804. The van der Waals surface area contributed by atoms with Gasteiger partial charge in [0.05, 0.1) is 13.2 Å². The molecule has 1 rings (SSSR count). The van der Waals surface area contributed by atoms with Gasteiger partial charge in [0.2, 0.25) is 65.0 Å². The van der Waals surface area contributed by atoms with E-state index in [0.29, 0.717) is 6.42 Å². The van der Waals surface area contributed by atoms with E-state index in [1.165, 1.54) is 87.7 Å². The minimum atomic E-state index is -1.69. The number of esters is 2. The summed E-state index contributed by atoms with van der Waals surface area (Å²) in [7, 11) is 9.78. The molecule has 26 heteroatoms. The van der Waals surface area contributed by atoms with Crippen molar-refractivity contribution in [2.24, 2.45) is 41.4 Å². The number of hydrogen-bond donors (Lipinski definition) is 4. The quantitative estimate of drug-likeness (QED) is 0.0983. The SMILES string of the molecule is CCOC(=O)CCC=CC[C@@H](C)[C@@H](OC(C)=O)C1C(=O)N[C@@H](CC)C(=O)N(C)CC(=O)N(C)C(CC(C)C)C(=O)N[C@@H](C(C)C)C(=O)N(C)[C@@H](CC(C)C)C(=O)N[C@@H](C)C(=O)N[C@H](C)C(=O)N(C)[C@H](CC(C)C)C(=O)N(C)[C@@H](CC(C)C)C(=O)N(C)[C@@H](C(C)C)C(=O)N1C. The van der Waals surface area contributed by atoms with E-state index in [0.717, 1.165) is 16.7 Å². The molecule has 2 unspecified atom stereocenters. The summed E-state index contributed by atoms with van der Waals surface area (Å²) >= 11 is 0. The Hall–Kier alpha value is -7.15. The molecule has 12 atom stereocenters. The maximum Gasteiger partial charge on any atom is 0.306 e. The molecule has 536 valence electrons. The van der Waals surface area contributed by atoms with Crippen molar-refractivity contribution in [2.75, 3.05) is 62.5 Å². The summed E-state index contributed by atoms with van der Waals surface area (Å²) in [4.78, 5) is 196.